The van der Waals surface area contributed by atoms with Crippen LogP contribution in [0.15, 0.2) is 133 Å². The quantitative estimate of drug-likeness (QED) is 0.256. The molecule has 2 heteroatoms. The number of hydrogen-bond acceptors (Lipinski definition) is 2. The third kappa shape index (κ3) is 3.93. The van der Waals surface area contributed by atoms with Crippen molar-refractivity contribution in [1.82, 2.24) is 9.97 Å². The molecule has 0 fully saturated rings. The zero-order valence-corrected chi connectivity index (χ0v) is 20.3. The summed E-state index contributed by atoms with van der Waals surface area (Å²) < 4.78 is 0. The van der Waals surface area contributed by atoms with E-state index in [4.69, 9.17) is 9.97 Å². The molecule has 0 saturated carbocycles. The molecule has 0 radical (unpaired) electrons. The molecule has 7 rings (SSSR count). The van der Waals surface area contributed by atoms with Crippen LogP contribution in [0.1, 0.15) is 11.1 Å². The molecule has 2 nitrogen and oxygen atoms in total. The molecule has 0 atom stereocenters. The predicted molar refractivity (Wildman–Crippen MR) is 152 cm³/mol. The fourth-order valence-electron chi connectivity index (χ4n) is 5.32. The molecule has 6 aromatic rings. The number of benzene rings is 5. The van der Waals surface area contributed by atoms with Gasteiger partial charge in [0.2, 0.25) is 0 Å². The standard InChI is InChI=1S/C35H24N2/c1-3-10-25(11-4-1)32-23-33(26-12-5-2-6-13-26)37-35(36-32)27-20-18-24(19-21-27)30-17-9-15-29-22-28-14-7-8-16-31(28)34(29)30/h1-21,23H,22H2. The highest BCUT2D eigenvalue weighted by molar-refractivity contribution is 5.90. The monoisotopic (exact) mass is 472 g/mol. The summed E-state index contributed by atoms with van der Waals surface area (Å²) in [6, 6.07) is 46.8. The van der Waals surface area contributed by atoms with E-state index >= 15 is 0 Å². The van der Waals surface area contributed by atoms with Crippen LogP contribution in [0.25, 0.3) is 56.2 Å². The van der Waals surface area contributed by atoms with Gasteiger partial charge in [0.1, 0.15) is 0 Å². The zero-order valence-electron chi connectivity index (χ0n) is 20.3. The van der Waals surface area contributed by atoms with Crippen LogP contribution < -0.4 is 0 Å². The van der Waals surface area contributed by atoms with Crippen molar-refractivity contribution >= 4 is 0 Å². The Balaban J connectivity index is 1.32. The Morgan fingerprint density at radius 3 is 1.62 bits per heavy atom. The van der Waals surface area contributed by atoms with Gasteiger partial charge < -0.3 is 0 Å². The second kappa shape index (κ2) is 9.00. The van der Waals surface area contributed by atoms with Crippen molar-refractivity contribution in [2.24, 2.45) is 0 Å². The van der Waals surface area contributed by atoms with Gasteiger partial charge in [-0.25, -0.2) is 9.97 Å². The molecule has 0 saturated heterocycles. The van der Waals surface area contributed by atoms with E-state index in [2.05, 4.69) is 97.1 Å². The topological polar surface area (TPSA) is 25.8 Å². The summed E-state index contributed by atoms with van der Waals surface area (Å²) in [7, 11) is 0. The summed E-state index contributed by atoms with van der Waals surface area (Å²) >= 11 is 0. The van der Waals surface area contributed by atoms with Crippen LogP contribution in [0.4, 0.5) is 0 Å². The van der Waals surface area contributed by atoms with E-state index in [-0.39, 0.29) is 0 Å². The SMILES string of the molecule is c1ccc(-c2cc(-c3ccccc3)nc(-c3ccc(-c4cccc5c4-c4ccccc4C5)cc3)n2)cc1. The van der Waals surface area contributed by atoms with Crippen molar-refractivity contribution in [3.05, 3.63) is 145 Å². The van der Waals surface area contributed by atoms with Gasteiger partial charge in [-0.3, -0.25) is 0 Å². The minimum atomic E-state index is 0.732. The number of nitrogens with zero attached hydrogens (tertiary/aromatic N) is 2. The van der Waals surface area contributed by atoms with Crippen molar-refractivity contribution in [3.8, 4) is 56.2 Å². The highest BCUT2D eigenvalue weighted by Crippen LogP contribution is 2.43. The van der Waals surface area contributed by atoms with Gasteiger partial charge in [0, 0.05) is 16.7 Å². The largest absolute Gasteiger partial charge is 0.228 e. The van der Waals surface area contributed by atoms with Crippen molar-refractivity contribution in [2.45, 2.75) is 6.42 Å². The molecule has 0 bridgehead atoms. The maximum Gasteiger partial charge on any atom is 0.160 e. The summed E-state index contributed by atoms with van der Waals surface area (Å²) in [4.78, 5) is 9.96. The van der Waals surface area contributed by atoms with E-state index in [0.717, 1.165) is 40.3 Å². The lowest BCUT2D eigenvalue weighted by Gasteiger charge is -2.12. The van der Waals surface area contributed by atoms with Gasteiger partial charge in [0.05, 0.1) is 11.4 Å². The van der Waals surface area contributed by atoms with Crippen molar-refractivity contribution < 1.29 is 0 Å². The summed E-state index contributed by atoms with van der Waals surface area (Å²) in [5.74, 6) is 0.732. The van der Waals surface area contributed by atoms with E-state index in [9.17, 15) is 0 Å². The van der Waals surface area contributed by atoms with Gasteiger partial charge in [-0.15, -0.1) is 0 Å². The molecule has 0 aliphatic heterocycles. The lowest BCUT2D eigenvalue weighted by Crippen LogP contribution is -1.96. The third-order valence-electron chi connectivity index (χ3n) is 7.14. The average Bonchev–Trinajstić information content (AvgIpc) is 3.37. The van der Waals surface area contributed by atoms with Crippen LogP contribution in [0.3, 0.4) is 0 Å². The first-order valence-electron chi connectivity index (χ1n) is 12.6. The van der Waals surface area contributed by atoms with Crippen molar-refractivity contribution in [3.63, 3.8) is 0 Å². The second-order valence-electron chi connectivity index (χ2n) is 9.45. The molecule has 0 amide bonds. The molecule has 1 aliphatic carbocycles. The zero-order chi connectivity index (χ0) is 24.6. The summed E-state index contributed by atoms with van der Waals surface area (Å²) in [5, 5.41) is 0. The van der Waals surface area contributed by atoms with Gasteiger partial charge in [0.15, 0.2) is 5.82 Å². The number of fused-ring (bicyclic) bond motifs is 3. The molecule has 174 valence electrons. The Bertz CT molecular complexity index is 1660. The highest BCUT2D eigenvalue weighted by atomic mass is 14.9. The fourth-order valence-corrected chi connectivity index (χ4v) is 5.32. The molecule has 0 unspecified atom stereocenters. The minimum absolute atomic E-state index is 0.732. The van der Waals surface area contributed by atoms with Crippen LogP contribution in [0.2, 0.25) is 0 Å². The van der Waals surface area contributed by atoms with Crippen molar-refractivity contribution in [2.75, 3.05) is 0 Å². The molecule has 37 heavy (non-hydrogen) atoms. The van der Waals surface area contributed by atoms with Gasteiger partial charge in [-0.1, -0.05) is 127 Å². The highest BCUT2D eigenvalue weighted by Gasteiger charge is 2.21. The van der Waals surface area contributed by atoms with Crippen LogP contribution in [0.5, 0.6) is 0 Å². The number of rotatable bonds is 4. The molecule has 1 aromatic heterocycles. The lowest BCUT2D eigenvalue weighted by molar-refractivity contribution is 1.18. The number of hydrogen-bond donors (Lipinski definition) is 0. The smallest absolute Gasteiger partial charge is 0.160 e. The van der Waals surface area contributed by atoms with Crippen LogP contribution in [-0.2, 0) is 6.42 Å². The van der Waals surface area contributed by atoms with Crippen LogP contribution in [0, 0.1) is 0 Å². The molecule has 0 N–H and O–H groups in total. The van der Waals surface area contributed by atoms with E-state index in [1.165, 1.54) is 33.4 Å². The Morgan fingerprint density at radius 1 is 0.405 bits per heavy atom. The van der Waals surface area contributed by atoms with Gasteiger partial charge in [-0.05, 0) is 45.9 Å². The Labute approximate surface area is 217 Å². The normalized spacial score (nSPS) is 11.7. The Kier molecular flexibility index (Phi) is 5.22. The maximum atomic E-state index is 4.98. The Hall–Kier alpha value is -4.82. The summed E-state index contributed by atoms with van der Waals surface area (Å²) in [6.45, 7) is 0. The van der Waals surface area contributed by atoms with Gasteiger partial charge in [-0.2, -0.15) is 0 Å². The molecule has 1 heterocycles. The third-order valence-corrected chi connectivity index (χ3v) is 7.14. The van der Waals surface area contributed by atoms with Gasteiger partial charge >= 0.3 is 0 Å². The van der Waals surface area contributed by atoms with E-state index in [1.54, 1.807) is 0 Å². The molecular formula is C35H24N2. The molecular weight excluding hydrogens is 448 g/mol. The summed E-state index contributed by atoms with van der Waals surface area (Å²) in [6.07, 6.45) is 1.000. The average molecular weight is 473 g/mol. The first-order chi connectivity index (χ1) is 18.3. The predicted octanol–water partition coefficient (Wildman–Crippen LogP) is 8.72. The second-order valence-corrected chi connectivity index (χ2v) is 9.45. The summed E-state index contributed by atoms with van der Waals surface area (Å²) in [5.41, 5.74) is 13.0. The van der Waals surface area contributed by atoms with E-state index in [0.29, 0.717) is 0 Å². The van der Waals surface area contributed by atoms with Crippen molar-refractivity contribution in [1.29, 1.82) is 0 Å². The minimum Gasteiger partial charge on any atom is -0.228 e. The first-order valence-corrected chi connectivity index (χ1v) is 12.6. The fraction of sp³-hybridized carbons (Fsp3) is 0.0286. The maximum absolute atomic E-state index is 4.98. The first kappa shape index (κ1) is 21.5. The van der Waals surface area contributed by atoms with Crippen LogP contribution >= 0.6 is 0 Å². The van der Waals surface area contributed by atoms with E-state index < -0.39 is 0 Å². The molecule has 0 spiro atoms. The van der Waals surface area contributed by atoms with E-state index in [1.807, 2.05) is 36.4 Å². The molecule has 1 aliphatic rings. The van der Waals surface area contributed by atoms with Gasteiger partial charge in [0.25, 0.3) is 0 Å². The van der Waals surface area contributed by atoms with Crippen LogP contribution in [-0.4, -0.2) is 9.97 Å². The lowest BCUT2D eigenvalue weighted by atomic mass is 9.94. The molecule has 5 aromatic carbocycles. The number of aromatic nitrogens is 2. The Morgan fingerprint density at radius 2 is 0.946 bits per heavy atom.